The fraction of sp³-hybridized carbons (Fsp3) is 1.00. The van der Waals surface area contributed by atoms with Crippen LogP contribution >= 0.6 is 0 Å². The molecule has 0 aromatic carbocycles. The summed E-state index contributed by atoms with van der Waals surface area (Å²) in [6.07, 6.45) is 2.80. The molecule has 1 aliphatic rings. The average Bonchev–Trinajstić information content (AvgIpc) is 1.98. The topological polar surface area (TPSA) is 3.24 Å². The number of rotatable bonds is 2. The molecule has 1 rings (SSSR count). The molecule has 1 aliphatic carbocycles. The first-order chi connectivity index (χ1) is 4.61. The van der Waals surface area contributed by atoms with Crippen molar-refractivity contribution in [2.24, 2.45) is 5.92 Å². The van der Waals surface area contributed by atoms with Crippen LogP contribution in [-0.4, -0.2) is 24.0 Å². The summed E-state index contributed by atoms with van der Waals surface area (Å²) in [5.74, 6) is 0.900. The maximum absolute atomic E-state index is 2.47. The van der Waals surface area contributed by atoms with E-state index in [1.165, 1.54) is 19.4 Å². The summed E-state index contributed by atoms with van der Waals surface area (Å²) in [4.78, 5) is 2.47. The lowest BCUT2D eigenvalue weighted by Gasteiger charge is -2.51. The molecule has 0 saturated heterocycles. The van der Waals surface area contributed by atoms with Gasteiger partial charge in [0.05, 0.1) is 0 Å². The molecule has 1 saturated carbocycles. The zero-order valence-electron chi connectivity index (χ0n) is 7.65. The van der Waals surface area contributed by atoms with Crippen LogP contribution in [0.5, 0.6) is 0 Å². The van der Waals surface area contributed by atoms with Crippen LogP contribution in [0.4, 0.5) is 0 Å². The highest BCUT2D eigenvalue weighted by molar-refractivity contribution is 4.97. The summed E-state index contributed by atoms with van der Waals surface area (Å²) in [7, 11) is 2.23. The highest BCUT2D eigenvalue weighted by Gasteiger charge is 2.41. The van der Waals surface area contributed by atoms with Crippen molar-refractivity contribution in [2.45, 2.75) is 39.2 Å². The van der Waals surface area contributed by atoms with Gasteiger partial charge in [-0.3, -0.25) is 0 Å². The lowest BCUT2D eigenvalue weighted by molar-refractivity contribution is 0.000284. The first kappa shape index (κ1) is 8.06. The first-order valence-electron chi connectivity index (χ1n) is 4.32. The van der Waals surface area contributed by atoms with Crippen molar-refractivity contribution in [1.29, 1.82) is 0 Å². The van der Waals surface area contributed by atoms with E-state index in [-0.39, 0.29) is 0 Å². The van der Waals surface area contributed by atoms with E-state index >= 15 is 0 Å². The van der Waals surface area contributed by atoms with Gasteiger partial charge in [0.1, 0.15) is 0 Å². The molecular formula is C9H19N. The Morgan fingerprint density at radius 1 is 1.60 bits per heavy atom. The fourth-order valence-electron chi connectivity index (χ4n) is 1.78. The van der Waals surface area contributed by atoms with E-state index in [0.29, 0.717) is 5.54 Å². The highest BCUT2D eigenvalue weighted by Crippen LogP contribution is 2.41. The Hall–Kier alpha value is -0.0400. The zero-order valence-corrected chi connectivity index (χ0v) is 7.65. The van der Waals surface area contributed by atoms with Crippen molar-refractivity contribution in [1.82, 2.24) is 4.90 Å². The van der Waals surface area contributed by atoms with Gasteiger partial charge in [-0.25, -0.2) is 0 Å². The van der Waals surface area contributed by atoms with Gasteiger partial charge in [0, 0.05) is 5.54 Å². The Labute approximate surface area is 64.4 Å². The van der Waals surface area contributed by atoms with Crippen molar-refractivity contribution >= 4 is 0 Å². The maximum Gasteiger partial charge on any atom is 0.0203 e. The minimum atomic E-state index is 0.523. The van der Waals surface area contributed by atoms with Gasteiger partial charge >= 0.3 is 0 Å². The monoisotopic (exact) mass is 141 g/mol. The van der Waals surface area contributed by atoms with E-state index in [2.05, 4.69) is 32.7 Å². The third-order valence-electron chi connectivity index (χ3n) is 3.49. The molecule has 10 heavy (non-hydrogen) atoms. The molecule has 0 amide bonds. The van der Waals surface area contributed by atoms with Gasteiger partial charge in [0.15, 0.2) is 0 Å². The van der Waals surface area contributed by atoms with Crippen LogP contribution in [0.15, 0.2) is 0 Å². The summed E-state index contributed by atoms with van der Waals surface area (Å²) < 4.78 is 0. The third-order valence-corrected chi connectivity index (χ3v) is 3.49. The summed E-state index contributed by atoms with van der Waals surface area (Å²) in [6.45, 7) is 8.15. The normalized spacial score (nSPS) is 39.9. The van der Waals surface area contributed by atoms with Crippen LogP contribution < -0.4 is 0 Å². The van der Waals surface area contributed by atoms with Gasteiger partial charge in [0.2, 0.25) is 0 Å². The summed E-state index contributed by atoms with van der Waals surface area (Å²) in [5.41, 5.74) is 0.523. The van der Waals surface area contributed by atoms with E-state index in [0.717, 1.165) is 5.92 Å². The van der Waals surface area contributed by atoms with Gasteiger partial charge in [-0.2, -0.15) is 0 Å². The molecule has 2 atom stereocenters. The van der Waals surface area contributed by atoms with E-state index < -0.39 is 0 Å². The maximum atomic E-state index is 2.47. The van der Waals surface area contributed by atoms with Crippen molar-refractivity contribution < 1.29 is 0 Å². The molecule has 0 heterocycles. The van der Waals surface area contributed by atoms with Crippen LogP contribution in [0.1, 0.15) is 33.6 Å². The minimum Gasteiger partial charge on any atom is -0.301 e. The Morgan fingerprint density at radius 3 is 2.30 bits per heavy atom. The zero-order chi connectivity index (χ0) is 7.78. The predicted octanol–water partition coefficient (Wildman–Crippen LogP) is 2.13. The molecule has 1 fully saturated rings. The van der Waals surface area contributed by atoms with E-state index in [1.54, 1.807) is 0 Å². The lowest BCUT2D eigenvalue weighted by Crippen LogP contribution is -2.55. The van der Waals surface area contributed by atoms with Crippen LogP contribution in [0.3, 0.4) is 0 Å². The van der Waals surface area contributed by atoms with Crippen molar-refractivity contribution in [3.8, 4) is 0 Å². The smallest absolute Gasteiger partial charge is 0.0203 e. The second kappa shape index (κ2) is 2.54. The minimum absolute atomic E-state index is 0.523. The van der Waals surface area contributed by atoms with Gasteiger partial charge in [-0.05, 0) is 39.3 Å². The molecule has 2 unspecified atom stereocenters. The highest BCUT2D eigenvalue weighted by atomic mass is 15.2. The molecule has 0 spiro atoms. The molecule has 0 aliphatic heterocycles. The second-order valence-electron chi connectivity index (χ2n) is 3.81. The Kier molecular flexibility index (Phi) is 2.04. The molecule has 0 radical (unpaired) electrons. The average molecular weight is 141 g/mol. The van der Waals surface area contributed by atoms with Crippen molar-refractivity contribution in [3.63, 3.8) is 0 Å². The molecule has 0 aromatic rings. The van der Waals surface area contributed by atoms with E-state index in [9.17, 15) is 0 Å². The fourth-order valence-corrected chi connectivity index (χ4v) is 1.78. The van der Waals surface area contributed by atoms with Crippen LogP contribution in [0, 0.1) is 5.92 Å². The van der Waals surface area contributed by atoms with Crippen molar-refractivity contribution in [2.75, 3.05) is 13.6 Å². The first-order valence-corrected chi connectivity index (χ1v) is 4.32. The van der Waals surface area contributed by atoms with E-state index in [1.807, 2.05) is 0 Å². The van der Waals surface area contributed by atoms with E-state index in [4.69, 9.17) is 0 Å². The van der Waals surface area contributed by atoms with Gasteiger partial charge in [-0.1, -0.05) is 13.8 Å². The predicted molar refractivity (Wildman–Crippen MR) is 45.1 cm³/mol. The third kappa shape index (κ3) is 0.968. The summed E-state index contributed by atoms with van der Waals surface area (Å²) in [5, 5.41) is 0. The Morgan fingerprint density at radius 2 is 2.20 bits per heavy atom. The number of hydrogen-bond acceptors (Lipinski definition) is 1. The molecule has 0 bridgehead atoms. The van der Waals surface area contributed by atoms with Crippen LogP contribution in [0.25, 0.3) is 0 Å². The lowest BCUT2D eigenvalue weighted by atomic mass is 9.68. The molecule has 1 heteroatoms. The van der Waals surface area contributed by atoms with Gasteiger partial charge in [-0.15, -0.1) is 0 Å². The van der Waals surface area contributed by atoms with Crippen molar-refractivity contribution in [3.05, 3.63) is 0 Å². The van der Waals surface area contributed by atoms with Gasteiger partial charge < -0.3 is 4.90 Å². The standard InChI is InChI=1S/C9H19N/c1-5-10(4)9(3)7-6-8(9)2/h8H,5-7H2,1-4H3. The summed E-state index contributed by atoms with van der Waals surface area (Å²) >= 11 is 0. The molecule has 0 aromatic heterocycles. The van der Waals surface area contributed by atoms with Gasteiger partial charge in [0.25, 0.3) is 0 Å². The Bertz CT molecular complexity index is 122. The molecular weight excluding hydrogens is 122 g/mol. The largest absolute Gasteiger partial charge is 0.301 e. The SMILES string of the molecule is CCN(C)C1(C)CCC1C. The number of hydrogen-bond donors (Lipinski definition) is 0. The molecule has 60 valence electrons. The second-order valence-corrected chi connectivity index (χ2v) is 3.81. The van der Waals surface area contributed by atoms with Crippen LogP contribution in [0.2, 0.25) is 0 Å². The quantitative estimate of drug-likeness (QED) is 0.569. The van der Waals surface area contributed by atoms with Crippen LogP contribution in [-0.2, 0) is 0 Å². The molecule has 1 nitrogen and oxygen atoms in total. The number of nitrogens with zero attached hydrogens (tertiary/aromatic N) is 1. The molecule has 0 N–H and O–H groups in total. The Balaban J connectivity index is 2.51. The summed E-state index contributed by atoms with van der Waals surface area (Å²) in [6, 6.07) is 0.